The molecule has 14 heavy (non-hydrogen) atoms. The fraction of sp³-hybridized carbons (Fsp3) is 0.364. The van der Waals surface area contributed by atoms with Crippen LogP contribution in [0.3, 0.4) is 0 Å². The van der Waals surface area contributed by atoms with E-state index in [1.165, 1.54) is 5.69 Å². The summed E-state index contributed by atoms with van der Waals surface area (Å²) in [6.07, 6.45) is 0. The van der Waals surface area contributed by atoms with Crippen molar-refractivity contribution in [3.8, 4) is 0 Å². The average Bonchev–Trinajstić information content (AvgIpc) is 2.41. The third-order valence-electron chi connectivity index (χ3n) is 2.27. The van der Waals surface area contributed by atoms with Crippen molar-refractivity contribution in [3.63, 3.8) is 0 Å². The molecule has 0 unspecified atom stereocenters. The molecular weight excluding hydrogens is 174 g/mol. The molecule has 2 aromatic heterocycles. The standard InChI is InChI=1S/C11H15N3/c1-11(2,3)9-6-4-5-8-7-10(12)13-14(8)9/h4-7H,1-3H3,(H2,12,13). The van der Waals surface area contributed by atoms with Crippen LogP contribution in [-0.2, 0) is 5.41 Å². The lowest BCUT2D eigenvalue weighted by atomic mass is 9.91. The molecular formula is C11H15N3. The molecule has 0 aromatic carbocycles. The van der Waals surface area contributed by atoms with E-state index >= 15 is 0 Å². The Morgan fingerprint density at radius 2 is 2.00 bits per heavy atom. The Balaban J connectivity index is 2.77. The molecule has 0 atom stereocenters. The zero-order chi connectivity index (χ0) is 10.3. The van der Waals surface area contributed by atoms with E-state index in [0.717, 1.165) is 5.52 Å². The van der Waals surface area contributed by atoms with E-state index < -0.39 is 0 Å². The van der Waals surface area contributed by atoms with Crippen molar-refractivity contribution in [1.82, 2.24) is 9.61 Å². The predicted octanol–water partition coefficient (Wildman–Crippen LogP) is 2.21. The SMILES string of the molecule is CC(C)(C)c1cccc2cc(N)nn12. The summed E-state index contributed by atoms with van der Waals surface area (Å²) in [6, 6.07) is 8.02. The second-order valence-electron chi connectivity index (χ2n) is 4.57. The number of nitrogens with zero attached hydrogens (tertiary/aromatic N) is 2. The number of nitrogens with two attached hydrogens (primary N) is 1. The Kier molecular flexibility index (Phi) is 1.77. The molecule has 2 heterocycles. The van der Waals surface area contributed by atoms with Gasteiger partial charge in [0.15, 0.2) is 0 Å². The summed E-state index contributed by atoms with van der Waals surface area (Å²) in [7, 11) is 0. The molecule has 0 saturated heterocycles. The smallest absolute Gasteiger partial charge is 0.146 e. The topological polar surface area (TPSA) is 43.3 Å². The van der Waals surface area contributed by atoms with Gasteiger partial charge in [-0.1, -0.05) is 26.8 Å². The lowest BCUT2D eigenvalue weighted by molar-refractivity contribution is 0.549. The van der Waals surface area contributed by atoms with E-state index in [4.69, 9.17) is 5.73 Å². The predicted molar refractivity (Wildman–Crippen MR) is 58.3 cm³/mol. The molecule has 0 saturated carbocycles. The summed E-state index contributed by atoms with van der Waals surface area (Å²) in [5.41, 5.74) is 7.98. The Hall–Kier alpha value is -1.51. The van der Waals surface area contributed by atoms with Gasteiger partial charge in [-0.3, -0.25) is 0 Å². The van der Waals surface area contributed by atoms with Gasteiger partial charge in [0.1, 0.15) is 5.82 Å². The summed E-state index contributed by atoms with van der Waals surface area (Å²) in [6.45, 7) is 6.50. The highest BCUT2D eigenvalue weighted by molar-refractivity contribution is 5.55. The first-order chi connectivity index (χ1) is 6.48. The molecule has 2 rings (SSSR count). The van der Waals surface area contributed by atoms with Crippen LogP contribution in [0.15, 0.2) is 24.3 Å². The van der Waals surface area contributed by atoms with Gasteiger partial charge in [0.25, 0.3) is 0 Å². The third kappa shape index (κ3) is 1.35. The van der Waals surface area contributed by atoms with Crippen LogP contribution in [0.1, 0.15) is 26.5 Å². The van der Waals surface area contributed by atoms with E-state index in [1.54, 1.807) is 0 Å². The second kappa shape index (κ2) is 2.74. The number of aromatic nitrogens is 2. The molecule has 3 nitrogen and oxygen atoms in total. The highest BCUT2D eigenvalue weighted by atomic mass is 15.3. The van der Waals surface area contributed by atoms with Crippen molar-refractivity contribution in [2.75, 3.05) is 5.73 Å². The normalized spacial score (nSPS) is 12.2. The van der Waals surface area contributed by atoms with E-state index in [-0.39, 0.29) is 5.41 Å². The maximum absolute atomic E-state index is 5.67. The zero-order valence-electron chi connectivity index (χ0n) is 8.78. The fourth-order valence-corrected chi connectivity index (χ4v) is 1.60. The summed E-state index contributed by atoms with van der Waals surface area (Å²) < 4.78 is 1.91. The van der Waals surface area contributed by atoms with Crippen molar-refractivity contribution in [2.45, 2.75) is 26.2 Å². The molecule has 0 aliphatic heterocycles. The number of rotatable bonds is 0. The van der Waals surface area contributed by atoms with Crippen LogP contribution >= 0.6 is 0 Å². The lowest BCUT2D eigenvalue weighted by Gasteiger charge is -2.19. The van der Waals surface area contributed by atoms with Gasteiger partial charge < -0.3 is 5.73 Å². The number of fused-ring (bicyclic) bond motifs is 1. The van der Waals surface area contributed by atoms with Crippen LogP contribution in [0, 0.1) is 0 Å². The van der Waals surface area contributed by atoms with Gasteiger partial charge in [0.2, 0.25) is 0 Å². The molecule has 0 radical (unpaired) electrons. The van der Waals surface area contributed by atoms with Gasteiger partial charge >= 0.3 is 0 Å². The molecule has 0 bridgehead atoms. The van der Waals surface area contributed by atoms with Gasteiger partial charge in [-0.2, -0.15) is 5.10 Å². The molecule has 0 aliphatic rings. The fourth-order valence-electron chi connectivity index (χ4n) is 1.60. The van der Waals surface area contributed by atoms with Gasteiger partial charge in [0.05, 0.1) is 5.52 Å². The van der Waals surface area contributed by atoms with Gasteiger partial charge in [-0.15, -0.1) is 0 Å². The molecule has 0 aliphatic carbocycles. The van der Waals surface area contributed by atoms with Crippen molar-refractivity contribution in [2.24, 2.45) is 0 Å². The van der Waals surface area contributed by atoms with Crippen LogP contribution < -0.4 is 5.73 Å². The van der Waals surface area contributed by atoms with Gasteiger partial charge in [-0.25, -0.2) is 4.52 Å². The Bertz CT molecular complexity index is 463. The van der Waals surface area contributed by atoms with E-state index in [9.17, 15) is 0 Å². The van der Waals surface area contributed by atoms with Crippen molar-refractivity contribution >= 4 is 11.3 Å². The number of pyridine rings is 1. The number of hydrogen-bond acceptors (Lipinski definition) is 2. The minimum Gasteiger partial charge on any atom is -0.382 e. The highest BCUT2D eigenvalue weighted by Gasteiger charge is 2.17. The molecule has 3 heteroatoms. The molecule has 0 amide bonds. The van der Waals surface area contributed by atoms with Crippen LogP contribution in [-0.4, -0.2) is 9.61 Å². The van der Waals surface area contributed by atoms with E-state index in [0.29, 0.717) is 5.82 Å². The first kappa shape index (κ1) is 9.06. The highest BCUT2D eigenvalue weighted by Crippen LogP contribution is 2.23. The van der Waals surface area contributed by atoms with Gasteiger partial charge in [-0.05, 0) is 12.1 Å². The molecule has 0 fully saturated rings. The quantitative estimate of drug-likeness (QED) is 0.690. The summed E-state index contributed by atoms with van der Waals surface area (Å²) in [5.74, 6) is 0.571. The van der Waals surface area contributed by atoms with Crippen LogP contribution in [0.2, 0.25) is 0 Å². The first-order valence-corrected chi connectivity index (χ1v) is 4.73. The Morgan fingerprint density at radius 1 is 1.29 bits per heavy atom. The largest absolute Gasteiger partial charge is 0.382 e. The van der Waals surface area contributed by atoms with Crippen LogP contribution in [0.4, 0.5) is 5.82 Å². The number of nitrogen functional groups attached to an aromatic ring is 1. The van der Waals surface area contributed by atoms with Gasteiger partial charge in [0, 0.05) is 17.2 Å². The Morgan fingerprint density at radius 3 is 2.64 bits per heavy atom. The number of hydrogen-bond donors (Lipinski definition) is 1. The van der Waals surface area contributed by atoms with Crippen molar-refractivity contribution < 1.29 is 0 Å². The second-order valence-corrected chi connectivity index (χ2v) is 4.57. The molecule has 2 aromatic rings. The minimum atomic E-state index is 0.0813. The van der Waals surface area contributed by atoms with Crippen LogP contribution in [0.5, 0.6) is 0 Å². The minimum absolute atomic E-state index is 0.0813. The molecule has 74 valence electrons. The maximum atomic E-state index is 5.67. The van der Waals surface area contributed by atoms with Crippen molar-refractivity contribution in [1.29, 1.82) is 0 Å². The monoisotopic (exact) mass is 189 g/mol. The van der Waals surface area contributed by atoms with E-state index in [2.05, 4.69) is 31.9 Å². The third-order valence-corrected chi connectivity index (χ3v) is 2.27. The zero-order valence-corrected chi connectivity index (χ0v) is 8.78. The maximum Gasteiger partial charge on any atom is 0.146 e. The summed E-state index contributed by atoms with van der Waals surface area (Å²) in [5, 5.41) is 4.27. The molecule has 2 N–H and O–H groups in total. The average molecular weight is 189 g/mol. The number of anilines is 1. The summed E-state index contributed by atoms with van der Waals surface area (Å²) in [4.78, 5) is 0. The first-order valence-electron chi connectivity index (χ1n) is 4.73. The van der Waals surface area contributed by atoms with Crippen LogP contribution in [0.25, 0.3) is 5.52 Å². The lowest BCUT2D eigenvalue weighted by Crippen LogP contribution is -2.16. The Labute approximate surface area is 83.5 Å². The molecule has 0 spiro atoms. The van der Waals surface area contributed by atoms with Crippen molar-refractivity contribution in [3.05, 3.63) is 30.0 Å². The van der Waals surface area contributed by atoms with E-state index in [1.807, 2.05) is 22.7 Å². The summed E-state index contributed by atoms with van der Waals surface area (Å²) >= 11 is 0.